The molecule has 3 heteroatoms. The first-order chi connectivity index (χ1) is 9.74. The molecule has 1 atom stereocenters. The number of nitrogens with one attached hydrogen (secondary N) is 1. The molecule has 0 saturated carbocycles. The summed E-state index contributed by atoms with van der Waals surface area (Å²) in [6.07, 6.45) is 6.77. The molecule has 20 heavy (non-hydrogen) atoms. The van der Waals surface area contributed by atoms with Crippen LogP contribution in [0.4, 0.5) is 4.39 Å². The van der Waals surface area contributed by atoms with Gasteiger partial charge in [-0.2, -0.15) is 0 Å². The summed E-state index contributed by atoms with van der Waals surface area (Å²) < 4.78 is 12.8. The summed E-state index contributed by atoms with van der Waals surface area (Å²) in [7, 11) is 0. The Kier molecular flexibility index (Phi) is 5.69. The van der Waals surface area contributed by atoms with Crippen molar-refractivity contribution < 1.29 is 4.39 Å². The second-order valence-electron chi connectivity index (χ2n) is 5.14. The van der Waals surface area contributed by atoms with Crippen molar-refractivity contribution in [1.82, 2.24) is 10.3 Å². The van der Waals surface area contributed by atoms with Crippen molar-refractivity contribution in [3.8, 4) is 0 Å². The highest BCUT2D eigenvalue weighted by Gasteiger charge is 2.03. The molecule has 2 aromatic rings. The normalized spacial score (nSPS) is 12.3. The molecule has 0 fully saturated rings. The summed E-state index contributed by atoms with van der Waals surface area (Å²) in [5.41, 5.74) is 2.49. The van der Waals surface area contributed by atoms with E-state index in [1.807, 2.05) is 24.5 Å². The number of hydrogen-bond acceptors (Lipinski definition) is 2. The fourth-order valence-electron chi connectivity index (χ4n) is 2.24. The molecule has 1 unspecified atom stereocenters. The van der Waals surface area contributed by atoms with Gasteiger partial charge in [-0.1, -0.05) is 12.1 Å². The van der Waals surface area contributed by atoms with Gasteiger partial charge in [0, 0.05) is 18.4 Å². The summed E-state index contributed by atoms with van der Waals surface area (Å²) >= 11 is 0. The molecule has 0 aliphatic carbocycles. The summed E-state index contributed by atoms with van der Waals surface area (Å²) in [4.78, 5) is 4.01. The Hall–Kier alpha value is -1.74. The number of benzene rings is 1. The Morgan fingerprint density at radius 1 is 1.05 bits per heavy atom. The zero-order valence-corrected chi connectivity index (χ0v) is 11.8. The molecule has 0 aliphatic rings. The topological polar surface area (TPSA) is 24.9 Å². The molecule has 1 aromatic heterocycles. The maximum atomic E-state index is 12.8. The van der Waals surface area contributed by atoms with Gasteiger partial charge in [0.15, 0.2) is 0 Å². The van der Waals surface area contributed by atoms with Crippen LogP contribution >= 0.6 is 0 Å². The molecule has 0 spiro atoms. The first kappa shape index (κ1) is 14.7. The predicted octanol–water partition coefficient (Wildman–Crippen LogP) is 3.37. The van der Waals surface area contributed by atoms with Crippen LogP contribution < -0.4 is 5.32 Å². The number of rotatable bonds is 7. The summed E-state index contributed by atoms with van der Waals surface area (Å²) in [5.74, 6) is -0.174. The lowest BCUT2D eigenvalue weighted by Gasteiger charge is -2.13. The smallest absolute Gasteiger partial charge is 0.123 e. The maximum Gasteiger partial charge on any atom is 0.123 e. The minimum Gasteiger partial charge on any atom is -0.314 e. The quantitative estimate of drug-likeness (QED) is 0.782. The molecule has 1 N–H and O–H groups in total. The maximum absolute atomic E-state index is 12.8. The van der Waals surface area contributed by atoms with Gasteiger partial charge in [0.1, 0.15) is 5.82 Å². The van der Waals surface area contributed by atoms with Crippen molar-refractivity contribution in [2.75, 3.05) is 6.54 Å². The van der Waals surface area contributed by atoms with Crippen LogP contribution in [-0.4, -0.2) is 17.6 Å². The molecule has 0 amide bonds. The Morgan fingerprint density at radius 2 is 1.75 bits per heavy atom. The van der Waals surface area contributed by atoms with E-state index >= 15 is 0 Å². The SMILES string of the molecule is CC(Cc1ccc(F)cc1)NCCCc1ccncc1. The van der Waals surface area contributed by atoms with Crippen molar-refractivity contribution in [1.29, 1.82) is 0 Å². The molecule has 1 aromatic carbocycles. The first-order valence-electron chi connectivity index (χ1n) is 7.11. The Labute approximate surface area is 120 Å². The minimum absolute atomic E-state index is 0.174. The second-order valence-corrected chi connectivity index (χ2v) is 5.14. The molecule has 106 valence electrons. The third kappa shape index (κ3) is 5.10. The van der Waals surface area contributed by atoms with E-state index in [9.17, 15) is 4.39 Å². The second kappa shape index (κ2) is 7.75. The fraction of sp³-hybridized carbons (Fsp3) is 0.353. The van der Waals surface area contributed by atoms with E-state index in [-0.39, 0.29) is 5.82 Å². The van der Waals surface area contributed by atoms with Gasteiger partial charge in [-0.3, -0.25) is 4.98 Å². The minimum atomic E-state index is -0.174. The Morgan fingerprint density at radius 3 is 2.45 bits per heavy atom. The lowest BCUT2D eigenvalue weighted by atomic mass is 10.1. The van der Waals surface area contributed by atoms with Crippen LogP contribution in [0, 0.1) is 5.82 Å². The van der Waals surface area contributed by atoms with Crippen LogP contribution in [0.5, 0.6) is 0 Å². The van der Waals surface area contributed by atoms with Crippen LogP contribution in [0.15, 0.2) is 48.8 Å². The number of aromatic nitrogens is 1. The van der Waals surface area contributed by atoms with Gasteiger partial charge >= 0.3 is 0 Å². The van der Waals surface area contributed by atoms with Gasteiger partial charge in [0.05, 0.1) is 0 Å². The largest absolute Gasteiger partial charge is 0.314 e. The van der Waals surface area contributed by atoms with Gasteiger partial charge in [-0.25, -0.2) is 4.39 Å². The molecule has 1 heterocycles. The average molecular weight is 272 g/mol. The highest BCUT2D eigenvalue weighted by atomic mass is 19.1. The van der Waals surface area contributed by atoms with E-state index in [1.54, 1.807) is 0 Å². The zero-order chi connectivity index (χ0) is 14.2. The highest BCUT2D eigenvalue weighted by Crippen LogP contribution is 2.06. The van der Waals surface area contributed by atoms with Crippen molar-refractivity contribution in [3.63, 3.8) is 0 Å². The van der Waals surface area contributed by atoms with Crippen LogP contribution in [0.1, 0.15) is 24.5 Å². The summed E-state index contributed by atoms with van der Waals surface area (Å²) in [5, 5.41) is 3.51. The molecular weight excluding hydrogens is 251 g/mol. The van der Waals surface area contributed by atoms with Crippen LogP contribution in [-0.2, 0) is 12.8 Å². The first-order valence-corrected chi connectivity index (χ1v) is 7.11. The third-order valence-electron chi connectivity index (χ3n) is 3.34. The molecule has 0 saturated heterocycles. The predicted molar refractivity (Wildman–Crippen MR) is 80.1 cm³/mol. The number of halogens is 1. The molecular formula is C17H21FN2. The molecule has 2 rings (SSSR count). The van der Waals surface area contributed by atoms with Crippen molar-refractivity contribution >= 4 is 0 Å². The lowest BCUT2D eigenvalue weighted by molar-refractivity contribution is 0.533. The van der Waals surface area contributed by atoms with E-state index in [0.29, 0.717) is 6.04 Å². The van der Waals surface area contributed by atoms with Crippen molar-refractivity contribution in [2.24, 2.45) is 0 Å². The van der Waals surface area contributed by atoms with E-state index in [0.717, 1.165) is 25.8 Å². The van der Waals surface area contributed by atoms with E-state index < -0.39 is 0 Å². The molecule has 0 aliphatic heterocycles. The molecule has 0 radical (unpaired) electrons. The number of nitrogens with zero attached hydrogens (tertiary/aromatic N) is 1. The molecule has 2 nitrogen and oxygen atoms in total. The van der Waals surface area contributed by atoms with Crippen LogP contribution in [0.3, 0.4) is 0 Å². The number of aryl methyl sites for hydroxylation is 1. The van der Waals surface area contributed by atoms with Gasteiger partial charge < -0.3 is 5.32 Å². The van der Waals surface area contributed by atoms with Crippen LogP contribution in [0.2, 0.25) is 0 Å². The fourth-order valence-corrected chi connectivity index (χ4v) is 2.24. The highest BCUT2D eigenvalue weighted by molar-refractivity contribution is 5.17. The van der Waals surface area contributed by atoms with Gasteiger partial charge in [0.2, 0.25) is 0 Å². The third-order valence-corrected chi connectivity index (χ3v) is 3.34. The van der Waals surface area contributed by atoms with Gasteiger partial charge in [-0.05, 0) is 68.1 Å². The van der Waals surface area contributed by atoms with E-state index in [1.165, 1.54) is 23.3 Å². The summed E-state index contributed by atoms with van der Waals surface area (Å²) in [6, 6.07) is 11.3. The monoisotopic (exact) mass is 272 g/mol. The number of pyridine rings is 1. The lowest BCUT2D eigenvalue weighted by Crippen LogP contribution is -2.29. The average Bonchev–Trinajstić information content (AvgIpc) is 2.47. The standard InChI is InChI=1S/C17H21FN2/c1-14(13-16-4-6-17(18)7-5-16)20-10-2-3-15-8-11-19-12-9-15/h4-9,11-12,14,20H,2-3,10,13H2,1H3. The van der Waals surface area contributed by atoms with Crippen LogP contribution in [0.25, 0.3) is 0 Å². The van der Waals surface area contributed by atoms with E-state index in [4.69, 9.17) is 0 Å². The zero-order valence-electron chi connectivity index (χ0n) is 11.8. The van der Waals surface area contributed by atoms with Gasteiger partial charge in [-0.15, -0.1) is 0 Å². The number of hydrogen-bond donors (Lipinski definition) is 1. The Balaban J connectivity index is 1.65. The Bertz CT molecular complexity index is 496. The van der Waals surface area contributed by atoms with E-state index in [2.05, 4.69) is 29.4 Å². The summed E-state index contributed by atoms with van der Waals surface area (Å²) in [6.45, 7) is 3.15. The van der Waals surface area contributed by atoms with Crippen molar-refractivity contribution in [2.45, 2.75) is 32.2 Å². The van der Waals surface area contributed by atoms with Crippen molar-refractivity contribution in [3.05, 3.63) is 65.7 Å². The van der Waals surface area contributed by atoms with Gasteiger partial charge in [0.25, 0.3) is 0 Å². The molecule has 0 bridgehead atoms.